The predicted octanol–water partition coefficient (Wildman–Crippen LogP) is 1.02. The summed E-state index contributed by atoms with van der Waals surface area (Å²) >= 11 is 0. The summed E-state index contributed by atoms with van der Waals surface area (Å²) in [5, 5.41) is 11.9. The standard InChI is InChI=1S/C14H18N2O5/c1-20-11-7-9(15)8(14(18)19)6-12(11)21-10-4-2-3-5-16-13(10)17/h6-7,10H,2-5,15H2,1H3,(H,16,17)(H,18,19). The highest BCUT2D eigenvalue weighted by Crippen LogP contribution is 2.33. The number of nitrogens with two attached hydrogens (primary N) is 1. The van der Waals surface area contributed by atoms with E-state index in [1.165, 1.54) is 19.2 Å². The van der Waals surface area contributed by atoms with Crippen LogP contribution < -0.4 is 20.5 Å². The quantitative estimate of drug-likeness (QED) is 0.715. The SMILES string of the molecule is COc1cc(N)c(C(=O)O)cc1OC1CCCCNC1=O. The van der Waals surface area contributed by atoms with Crippen LogP contribution in [0, 0.1) is 0 Å². The van der Waals surface area contributed by atoms with Crippen LogP contribution in [0.1, 0.15) is 29.6 Å². The fourth-order valence-electron chi connectivity index (χ4n) is 2.19. The molecule has 1 aliphatic heterocycles. The molecule has 114 valence electrons. The van der Waals surface area contributed by atoms with Crippen molar-refractivity contribution in [2.24, 2.45) is 0 Å². The molecule has 21 heavy (non-hydrogen) atoms. The van der Waals surface area contributed by atoms with Crippen LogP contribution in [0.2, 0.25) is 0 Å². The maximum Gasteiger partial charge on any atom is 0.337 e. The number of methoxy groups -OCH3 is 1. The number of amides is 1. The van der Waals surface area contributed by atoms with E-state index in [4.69, 9.17) is 20.3 Å². The second kappa shape index (κ2) is 6.34. The van der Waals surface area contributed by atoms with Gasteiger partial charge in [-0.05, 0) is 19.3 Å². The Balaban J connectivity index is 2.30. The molecule has 1 aliphatic rings. The minimum Gasteiger partial charge on any atom is -0.493 e. The van der Waals surface area contributed by atoms with E-state index in [0.717, 1.165) is 12.8 Å². The highest BCUT2D eigenvalue weighted by atomic mass is 16.5. The number of hydrogen-bond donors (Lipinski definition) is 3. The van der Waals surface area contributed by atoms with Gasteiger partial charge in [-0.15, -0.1) is 0 Å². The topological polar surface area (TPSA) is 111 Å². The largest absolute Gasteiger partial charge is 0.493 e. The number of hydrogen-bond acceptors (Lipinski definition) is 5. The van der Waals surface area contributed by atoms with E-state index in [0.29, 0.717) is 18.7 Å². The van der Waals surface area contributed by atoms with Crippen LogP contribution >= 0.6 is 0 Å². The average molecular weight is 294 g/mol. The lowest BCUT2D eigenvalue weighted by Gasteiger charge is -2.18. The fourth-order valence-corrected chi connectivity index (χ4v) is 2.19. The Kier molecular flexibility index (Phi) is 4.52. The summed E-state index contributed by atoms with van der Waals surface area (Å²) in [6.45, 7) is 0.623. The molecule has 0 bridgehead atoms. The van der Waals surface area contributed by atoms with Crippen LogP contribution in [0.15, 0.2) is 12.1 Å². The number of carboxylic acids is 1. The Labute approximate surface area is 122 Å². The van der Waals surface area contributed by atoms with Crippen molar-refractivity contribution in [1.29, 1.82) is 0 Å². The number of anilines is 1. The van der Waals surface area contributed by atoms with Gasteiger partial charge in [-0.25, -0.2) is 4.79 Å². The van der Waals surface area contributed by atoms with Crippen molar-refractivity contribution >= 4 is 17.6 Å². The lowest BCUT2D eigenvalue weighted by Crippen LogP contribution is -2.36. The lowest BCUT2D eigenvalue weighted by molar-refractivity contribution is -0.127. The Morgan fingerprint density at radius 1 is 1.38 bits per heavy atom. The molecule has 1 aromatic carbocycles. The first-order valence-corrected chi connectivity index (χ1v) is 6.68. The summed E-state index contributed by atoms with van der Waals surface area (Å²) in [6.07, 6.45) is 1.66. The number of nitrogens with one attached hydrogen (secondary N) is 1. The summed E-state index contributed by atoms with van der Waals surface area (Å²) < 4.78 is 10.8. The third kappa shape index (κ3) is 3.36. The number of carbonyl (C=O) groups is 2. The van der Waals surface area contributed by atoms with Crippen molar-refractivity contribution in [2.75, 3.05) is 19.4 Å². The van der Waals surface area contributed by atoms with Crippen LogP contribution in [-0.4, -0.2) is 36.7 Å². The van der Waals surface area contributed by atoms with Crippen LogP contribution in [0.25, 0.3) is 0 Å². The molecule has 1 atom stereocenters. The first-order valence-electron chi connectivity index (χ1n) is 6.68. The molecule has 0 aliphatic carbocycles. The molecule has 2 rings (SSSR count). The number of nitrogen functional groups attached to an aromatic ring is 1. The number of carbonyl (C=O) groups excluding carboxylic acids is 1. The minimum absolute atomic E-state index is 0.0806. The molecule has 1 saturated heterocycles. The van der Waals surface area contributed by atoms with E-state index >= 15 is 0 Å². The van der Waals surface area contributed by atoms with Gasteiger partial charge in [0, 0.05) is 18.7 Å². The smallest absolute Gasteiger partial charge is 0.337 e. The molecule has 0 spiro atoms. The van der Waals surface area contributed by atoms with Gasteiger partial charge in [-0.1, -0.05) is 0 Å². The first-order chi connectivity index (χ1) is 10.0. The van der Waals surface area contributed by atoms with Crippen molar-refractivity contribution in [3.8, 4) is 11.5 Å². The summed E-state index contributed by atoms with van der Waals surface area (Å²) in [7, 11) is 1.43. The van der Waals surface area contributed by atoms with E-state index in [-0.39, 0.29) is 22.9 Å². The molecule has 0 radical (unpaired) electrons. The molecule has 1 heterocycles. The minimum atomic E-state index is -1.16. The zero-order valence-electron chi connectivity index (χ0n) is 11.7. The lowest BCUT2D eigenvalue weighted by atomic mass is 10.1. The van der Waals surface area contributed by atoms with Crippen molar-refractivity contribution in [3.05, 3.63) is 17.7 Å². The van der Waals surface area contributed by atoms with Crippen molar-refractivity contribution < 1.29 is 24.2 Å². The summed E-state index contributed by atoms with van der Waals surface area (Å²) in [6, 6.07) is 2.67. The Bertz CT molecular complexity index is 559. The Hall–Kier alpha value is -2.44. The van der Waals surface area contributed by atoms with Crippen LogP contribution in [0.4, 0.5) is 5.69 Å². The van der Waals surface area contributed by atoms with E-state index in [9.17, 15) is 9.59 Å². The molecule has 1 amide bonds. The van der Waals surface area contributed by atoms with Gasteiger partial charge in [-0.3, -0.25) is 4.79 Å². The summed E-state index contributed by atoms with van der Waals surface area (Å²) in [5.41, 5.74) is 5.65. The van der Waals surface area contributed by atoms with Gasteiger partial charge in [0.05, 0.1) is 18.4 Å². The van der Waals surface area contributed by atoms with Crippen molar-refractivity contribution in [1.82, 2.24) is 5.32 Å². The van der Waals surface area contributed by atoms with Gasteiger partial charge in [0.15, 0.2) is 17.6 Å². The van der Waals surface area contributed by atoms with Crippen molar-refractivity contribution in [2.45, 2.75) is 25.4 Å². The van der Waals surface area contributed by atoms with Gasteiger partial charge >= 0.3 is 5.97 Å². The second-order valence-corrected chi connectivity index (χ2v) is 4.79. The molecule has 1 fully saturated rings. The van der Waals surface area contributed by atoms with Crippen LogP contribution in [0.3, 0.4) is 0 Å². The number of benzene rings is 1. The molecule has 7 nitrogen and oxygen atoms in total. The molecular formula is C14H18N2O5. The molecule has 1 aromatic rings. The van der Waals surface area contributed by atoms with E-state index in [2.05, 4.69) is 5.32 Å². The van der Waals surface area contributed by atoms with Gasteiger partial charge < -0.3 is 25.6 Å². The average Bonchev–Trinajstić information content (AvgIpc) is 2.65. The maximum atomic E-state index is 11.9. The molecule has 0 saturated carbocycles. The number of rotatable bonds is 4. The molecule has 7 heteroatoms. The van der Waals surface area contributed by atoms with Crippen LogP contribution in [0.5, 0.6) is 11.5 Å². The van der Waals surface area contributed by atoms with E-state index in [1.807, 2.05) is 0 Å². The van der Waals surface area contributed by atoms with Gasteiger partial charge in [0.1, 0.15) is 0 Å². The highest BCUT2D eigenvalue weighted by molar-refractivity contribution is 5.94. The third-order valence-corrected chi connectivity index (χ3v) is 3.32. The zero-order chi connectivity index (χ0) is 15.4. The fraction of sp³-hybridized carbons (Fsp3) is 0.429. The third-order valence-electron chi connectivity index (χ3n) is 3.32. The molecule has 4 N–H and O–H groups in total. The summed E-state index contributed by atoms with van der Waals surface area (Å²) in [5.74, 6) is -0.866. The zero-order valence-corrected chi connectivity index (χ0v) is 11.7. The normalized spacial score (nSPS) is 18.5. The molecule has 0 aromatic heterocycles. The van der Waals surface area contributed by atoms with E-state index < -0.39 is 12.1 Å². The maximum absolute atomic E-state index is 11.9. The molecule has 1 unspecified atom stereocenters. The highest BCUT2D eigenvalue weighted by Gasteiger charge is 2.25. The van der Waals surface area contributed by atoms with Gasteiger partial charge in [0.2, 0.25) is 0 Å². The number of aromatic carboxylic acids is 1. The van der Waals surface area contributed by atoms with Crippen molar-refractivity contribution in [3.63, 3.8) is 0 Å². The number of carboxylic acid groups (broad SMARTS) is 1. The molecular weight excluding hydrogens is 276 g/mol. The Morgan fingerprint density at radius 2 is 2.14 bits per heavy atom. The monoisotopic (exact) mass is 294 g/mol. The Morgan fingerprint density at radius 3 is 2.81 bits per heavy atom. The van der Waals surface area contributed by atoms with Gasteiger partial charge in [0.25, 0.3) is 5.91 Å². The van der Waals surface area contributed by atoms with Gasteiger partial charge in [-0.2, -0.15) is 0 Å². The van der Waals surface area contributed by atoms with Crippen LogP contribution in [-0.2, 0) is 4.79 Å². The predicted molar refractivity (Wildman–Crippen MR) is 75.6 cm³/mol. The first kappa shape index (κ1) is 15.0. The van der Waals surface area contributed by atoms with E-state index in [1.54, 1.807) is 0 Å². The number of ether oxygens (including phenoxy) is 2. The summed E-state index contributed by atoms with van der Waals surface area (Å²) in [4.78, 5) is 23.0. The second-order valence-electron chi connectivity index (χ2n) is 4.79.